The lowest BCUT2D eigenvalue weighted by molar-refractivity contribution is 0.184. The molecule has 1 aliphatic rings. The molecule has 0 amide bonds. The second-order valence-corrected chi connectivity index (χ2v) is 3.83. The van der Waals surface area contributed by atoms with Gasteiger partial charge in [-0.1, -0.05) is 33.6 Å². The SMILES string of the molecule is CC(C)C1(C(C)C)C#CC1. The minimum atomic E-state index is 0.361. The van der Waals surface area contributed by atoms with E-state index in [1.807, 2.05) is 0 Å². The van der Waals surface area contributed by atoms with Crippen molar-refractivity contribution in [2.45, 2.75) is 34.1 Å². The zero-order valence-electron chi connectivity index (χ0n) is 7.36. The summed E-state index contributed by atoms with van der Waals surface area (Å²) in [5.74, 6) is 7.86. The van der Waals surface area contributed by atoms with E-state index >= 15 is 0 Å². The van der Waals surface area contributed by atoms with Gasteiger partial charge in [-0.15, -0.1) is 5.92 Å². The van der Waals surface area contributed by atoms with E-state index in [0.29, 0.717) is 17.3 Å². The highest BCUT2D eigenvalue weighted by Crippen LogP contribution is 2.42. The zero-order chi connectivity index (χ0) is 7.78. The highest BCUT2D eigenvalue weighted by atomic mass is 14.4. The highest BCUT2D eigenvalue weighted by molar-refractivity contribution is 5.27. The predicted molar refractivity (Wildman–Crippen MR) is 44.5 cm³/mol. The Balaban J connectivity index is 2.75. The summed E-state index contributed by atoms with van der Waals surface area (Å²) in [4.78, 5) is 0. The third-order valence-electron chi connectivity index (χ3n) is 2.76. The van der Waals surface area contributed by atoms with Crippen LogP contribution in [0.3, 0.4) is 0 Å². The van der Waals surface area contributed by atoms with Gasteiger partial charge in [-0.25, -0.2) is 0 Å². The molecule has 0 aromatic heterocycles. The Bertz CT molecular complexity index is 168. The highest BCUT2D eigenvalue weighted by Gasteiger charge is 2.38. The van der Waals surface area contributed by atoms with Crippen LogP contribution < -0.4 is 0 Å². The van der Waals surface area contributed by atoms with E-state index in [2.05, 4.69) is 39.5 Å². The van der Waals surface area contributed by atoms with Crippen LogP contribution in [0, 0.1) is 29.1 Å². The Hall–Kier alpha value is -0.440. The molecule has 0 N–H and O–H groups in total. The Kier molecular flexibility index (Phi) is 1.77. The first-order valence-corrected chi connectivity index (χ1v) is 4.09. The van der Waals surface area contributed by atoms with Crippen LogP contribution in [0.2, 0.25) is 0 Å². The molecule has 0 saturated heterocycles. The summed E-state index contributed by atoms with van der Waals surface area (Å²) >= 11 is 0. The summed E-state index contributed by atoms with van der Waals surface area (Å²) in [6.07, 6.45) is 1.11. The Morgan fingerprint density at radius 1 is 1.10 bits per heavy atom. The molecule has 0 heteroatoms. The van der Waals surface area contributed by atoms with Crippen LogP contribution in [0.1, 0.15) is 34.1 Å². The topological polar surface area (TPSA) is 0 Å². The van der Waals surface area contributed by atoms with Crippen LogP contribution in [-0.4, -0.2) is 0 Å². The maximum absolute atomic E-state index is 3.31. The molecule has 0 aromatic rings. The van der Waals surface area contributed by atoms with Gasteiger partial charge >= 0.3 is 0 Å². The van der Waals surface area contributed by atoms with Gasteiger partial charge in [0.25, 0.3) is 0 Å². The summed E-state index contributed by atoms with van der Waals surface area (Å²) in [6, 6.07) is 0. The minimum absolute atomic E-state index is 0.361. The van der Waals surface area contributed by atoms with Crippen LogP contribution in [0.15, 0.2) is 0 Å². The average molecular weight is 136 g/mol. The standard InChI is InChI=1S/C10H16/c1-8(2)10(9(3)4)6-5-7-10/h8-9H,6H2,1-4H3. The Morgan fingerprint density at radius 2 is 1.50 bits per heavy atom. The molecule has 56 valence electrons. The molecule has 10 heavy (non-hydrogen) atoms. The normalized spacial score (nSPS) is 20.2. The maximum atomic E-state index is 3.31. The quantitative estimate of drug-likeness (QED) is 0.512. The van der Waals surface area contributed by atoms with Crippen molar-refractivity contribution in [2.75, 3.05) is 0 Å². The first-order chi connectivity index (χ1) is 4.59. The largest absolute Gasteiger partial charge is 0.101 e. The molecule has 0 bridgehead atoms. The molecule has 0 aromatic carbocycles. The molecule has 1 aliphatic carbocycles. The van der Waals surface area contributed by atoms with Gasteiger partial charge in [0.05, 0.1) is 0 Å². The fourth-order valence-electron chi connectivity index (χ4n) is 1.66. The van der Waals surface area contributed by atoms with Crippen molar-refractivity contribution >= 4 is 0 Å². The van der Waals surface area contributed by atoms with Crippen molar-refractivity contribution in [3.05, 3.63) is 0 Å². The van der Waals surface area contributed by atoms with E-state index < -0.39 is 0 Å². The van der Waals surface area contributed by atoms with Crippen LogP contribution >= 0.6 is 0 Å². The van der Waals surface area contributed by atoms with Gasteiger partial charge in [0.1, 0.15) is 0 Å². The van der Waals surface area contributed by atoms with E-state index in [9.17, 15) is 0 Å². The molecule has 0 heterocycles. The van der Waals surface area contributed by atoms with Crippen LogP contribution in [-0.2, 0) is 0 Å². The van der Waals surface area contributed by atoms with Crippen molar-refractivity contribution in [1.82, 2.24) is 0 Å². The van der Waals surface area contributed by atoms with E-state index in [1.165, 1.54) is 0 Å². The molecular weight excluding hydrogens is 120 g/mol. The van der Waals surface area contributed by atoms with Crippen molar-refractivity contribution < 1.29 is 0 Å². The summed E-state index contributed by atoms with van der Waals surface area (Å²) < 4.78 is 0. The molecule has 1 rings (SSSR count). The van der Waals surface area contributed by atoms with E-state index in [0.717, 1.165) is 6.42 Å². The van der Waals surface area contributed by atoms with Crippen LogP contribution in [0.25, 0.3) is 0 Å². The fourth-order valence-corrected chi connectivity index (χ4v) is 1.66. The summed E-state index contributed by atoms with van der Waals surface area (Å²) in [7, 11) is 0. The first-order valence-electron chi connectivity index (χ1n) is 4.09. The monoisotopic (exact) mass is 136 g/mol. The molecule has 0 atom stereocenters. The minimum Gasteiger partial charge on any atom is -0.101 e. The van der Waals surface area contributed by atoms with Crippen molar-refractivity contribution in [2.24, 2.45) is 17.3 Å². The number of rotatable bonds is 2. The van der Waals surface area contributed by atoms with Crippen LogP contribution in [0.4, 0.5) is 0 Å². The van der Waals surface area contributed by atoms with Gasteiger partial charge in [-0.05, 0) is 11.8 Å². The number of hydrogen-bond donors (Lipinski definition) is 0. The summed E-state index contributed by atoms with van der Waals surface area (Å²) in [6.45, 7) is 9.09. The second-order valence-electron chi connectivity index (χ2n) is 3.83. The first kappa shape index (κ1) is 7.66. The smallest absolute Gasteiger partial charge is 0.0469 e. The van der Waals surface area contributed by atoms with E-state index in [-0.39, 0.29) is 0 Å². The van der Waals surface area contributed by atoms with Gasteiger partial charge in [0.15, 0.2) is 0 Å². The van der Waals surface area contributed by atoms with E-state index in [4.69, 9.17) is 0 Å². The predicted octanol–water partition coefficient (Wildman–Crippen LogP) is 2.69. The van der Waals surface area contributed by atoms with Gasteiger partial charge in [0, 0.05) is 11.8 Å². The molecule has 0 aliphatic heterocycles. The summed E-state index contributed by atoms with van der Waals surface area (Å²) in [5.41, 5.74) is 0.361. The van der Waals surface area contributed by atoms with Gasteiger partial charge in [0.2, 0.25) is 0 Å². The van der Waals surface area contributed by atoms with Gasteiger partial charge in [-0.3, -0.25) is 0 Å². The fraction of sp³-hybridized carbons (Fsp3) is 0.800. The molecule has 0 fully saturated rings. The molecule has 0 radical (unpaired) electrons. The van der Waals surface area contributed by atoms with Crippen molar-refractivity contribution in [3.8, 4) is 11.8 Å². The zero-order valence-corrected chi connectivity index (χ0v) is 7.36. The van der Waals surface area contributed by atoms with Crippen molar-refractivity contribution in [3.63, 3.8) is 0 Å². The lowest BCUT2D eigenvalue weighted by Crippen LogP contribution is -2.35. The molecule has 0 saturated carbocycles. The second kappa shape index (κ2) is 2.31. The molecule has 0 unspecified atom stereocenters. The third-order valence-corrected chi connectivity index (χ3v) is 2.76. The number of hydrogen-bond acceptors (Lipinski definition) is 0. The molecular formula is C10H16. The maximum Gasteiger partial charge on any atom is 0.0469 e. The van der Waals surface area contributed by atoms with Crippen LogP contribution in [0.5, 0.6) is 0 Å². The molecule has 0 nitrogen and oxygen atoms in total. The van der Waals surface area contributed by atoms with Gasteiger partial charge in [-0.2, -0.15) is 0 Å². The third kappa shape index (κ3) is 0.850. The van der Waals surface area contributed by atoms with Crippen molar-refractivity contribution in [1.29, 1.82) is 0 Å². The lowest BCUT2D eigenvalue weighted by Gasteiger charge is -2.39. The molecule has 0 spiro atoms. The Morgan fingerprint density at radius 3 is 1.50 bits per heavy atom. The lowest BCUT2D eigenvalue weighted by atomic mass is 9.63. The van der Waals surface area contributed by atoms with E-state index in [1.54, 1.807) is 0 Å². The summed E-state index contributed by atoms with van der Waals surface area (Å²) in [5, 5.41) is 0. The Labute approximate surface area is 64.0 Å². The van der Waals surface area contributed by atoms with Gasteiger partial charge < -0.3 is 0 Å². The average Bonchev–Trinajstić information content (AvgIpc) is 1.57.